The zero-order valence-corrected chi connectivity index (χ0v) is 15.1. The molecule has 1 saturated carbocycles. The number of hydrogen-bond acceptors (Lipinski definition) is 3. The van der Waals surface area contributed by atoms with E-state index in [1.165, 1.54) is 0 Å². The Bertz CT molecular complexity index is 768. The second-order valence-corrected chi connectivity index (χ2v) is 7.33. The van der Waals surface area contributed by atoms with E-state index in [9.17, 15) is 4.79 Å². The van der Waals surface area contributed by atoms with E-state index in [-0.39, 0.29) is 18.1 Å². The normalized spacial score (nSPS) is 21.8. The molecular formula is C22H25NO3. The predicted molar refractivity (Wildman–Crippen MR) is 101 cm³/mol. The molecule has 1 heterocycles. The highest BCUT2D eigenvalue weighted by atomic mass is 16.6. The van der Waals surface area contributed by atoms with Crippen molar-refractivity contribution < 1.29 is 14.3 Å². The highest BCUT2D eigenvalue weighted by Gasteiger charge is 2.43. The minimum Gasteiger partial charge on any atom is -0.486 e. The van der Waals surface area contributed by atoms with Gasteiger partial charge in [0.15, 0.2) is 17.6 Å². The number of ether oxygens (including phenoxy) is 2. The predicted octanol–water partition coefficient (Wildman–Crippen LogP) is 3.84. The van der Waals surface area contributed by atoms with Gasteiger partial charge in [0.05, 0.1) is 11.5 Å². The average molecular weight is 351 g/mol. The maximum Gasteiger partial charge on any atom is 0.230 e. The van der Waals surface area contributed by atoms with Gasteiger partial charge in [-0.2, -0.15) is 0 Å². The molecule has 2 aliphatic rings. The van der Waals surface area contributed by atoms with Gasteiger partial charge in [0.25, 0.3) is 0 Å². The van der Waals surface area contributed by atoms with E-state index < -0.39 is 5.41 Å². The van der Waals surface area contributed by atoms with Crippen molar-refractivity contribution in [3.63, 3.8) is 0 Å². The van der Waals surface area contributed by atoms with Gasteiger partial charge in [-0.25, -0.2) is 0 Å². The van der Waals surface area contributed by atoms with Crippen molar-refractivity contribution in [1.82, 2.24) is 5.32 Å². The average Bonchev–Trinajstić information content (AvgIpc) is 3.19. The molecule has 1 aliphatic carbocycles. The molecule has 4 rings (SSSR count). The molecule has 1 fully saturated rings. The van der Waals surface area contributed by atoms with Crippen LogP contribution in [-0.2, 0) is 10.2 Å². The Labute approximate surface area is 154 Å². The number of rotatable bonds is 4. The number of benzene rings is 2. The maximum absolute atomic E-state index is 13.3. The number of amides is 1. The third-order valence-corrected chi connectivity index (χ3v) is 5.67. The van der Waals surface area contributed by atoms with Crippen molar-refractivity contribution >= 4 is 5.91 Å². The summed E-state index contributed by atoms with van der Waals surface area (Å²) in [4.78, 5) is 13.3. The van der Waals surface area contributed by atoms with E-state index in [0.29, 0.717) is 6.61 Å². The second kappa shape index (κ2) is 7.02. The van der Waals surface area contributed by atoms with Crippen LogP contribution < -0.4 is 14.8 Å². The van der Waals surface area contributed by atoms with Crippen LogP contribution in [0.3, 0.4) is 0 Å². The van der Waals surface area contributed by atoms with Crippen LogP contribution in [0.1, 0.15) is 38.2 Å². The van der Waals surface area contributed by atoms with E-state index in [1.807, 2.05) is 49.4 Å². The van der Waals surface area contributed by atoms with Crippen LogP contribution in [0.25, 0.3) is 0 Å². The van der Waals surface area contributed by atoms with E-state index in [1.54, 1.807) is 0 Å². The lowest BCUT2D eigenvalue weighted by Gasteiger charge is -2.34. The first-order valence-corrected chi connectivity index (χ1v) is 9.44. The zero-order chi connectivity index (χ0) is 18.0. The lowest BCUT2D eigenvalue weighted by atomic mass is 9.78. The van der Waals surface area contributed by atoms with E-state index >= 15 is 0 Å². The molecule has 0 bridgehead atoms. The van der Waals surface area contributed by atoms with Crippen LogP contribution in [-0.4, -0.2) is 24.7 Å². The highest BCUT2D eigenvalue weighted by molar-refractivity contribution is 5.88. The van der Waals surface area contributed by atoms with Crippen LogP contribution in [0.5, 0.6) is 11.5 Å². The number of carbonyl (C=O) groups is 1. The molecule has 4 nitrogen and oxygen atoms in total. The van der Waals surface area contributed by atoms with Gasteiger partial charge in [-0.1, -0.05) is 55.3 Å². The van der Waals surface area contributed by atoms with Gasteiger partial charge in [-0.05, 0) is 37.5 Å². The van der Waals surface area contributed by atoms with Crippen molar-refractivity contribution in [2.45, 2.75) is 50.2 Å². The summed E-state index contributed by atoms with van der Waals surface area (Å²) in [6, 6.07) is 17.7. The van der Waals surface area contributed by atoms with Gasteiger partial charge in [0.2, 0.25) is 5.91 Å². The van der Waals surface area contributed by atoms with Crippen LogP contribution in [0.2, 0.25) is 0 Å². The monoisotopic (exact) mass is 351 g/mol. The van der Waals surface area contributed by atoms with Gasteiger partial charge in [-0.15, -0.1) is 0 Å². The summed E-state index contributed by atoms with van der Waals surface area (Å²) in [7, 11) is 0. The molecule has 0 radical (unpaired) electrons. The first kappa shape index (κ1) is 17.0. The Morgan fingerprint density at radius 3 is 2.42 bits per heavy atom. The van der Waals surface area contributed by atoms with Crippen LogP contribution in [0.15, 0.2) is 54.6 Å². The highest BCUT2D eigenvalue weighted by Crippen LogP contribution is 2.41. The lowest BCUT2D eigenvalue weighted by molar-refractivity contribution is -0.128. The molecule has 2 atom stereocenters. The molecular weight excluding hydrogens is 326 g/mol. The number of fused-ring (bicyclic) bond motifs is 1. The summed E-state index contributed by atoms with van der Waals surface area (Å²) in [5, 5.41) is 3.22. The fourth-order valence-corrected chi connectivity index (χ4v) is 4.10. The summed E-state index contributed by atoms with van der Waals surface area (Å²) in [6.45, 7) is 2.43. The summed E-state index contributed by atoms with van der Waals surface area (Å²) < 4.78 is 11.9. The quantitative estimate of drug-likeness (QED) is 0.910. The number of carbonyl (C=O) groups excluding carboxylic acids is 1. The Hall–Kier alpha value is -2.49. The van der Waals surface area contributed by atoms with Crippen molar-refractivity contribution in [3.05, 3.63) is 60.2 Å². The fraction of sp³-hybridized carbons (Fsp3) is 0.409. The van der Waals surface area contributed by atoms with Gasteiger partial charge >= 0.3 is 0 Å². The molecule has 2 aromatic carbocycles. The summed E-state index contributed by atoms with van der Waals surface area (Å²) >= 11 is 0. The molecule has 1 aliphatic heterocycles. The Morgan fingerprint density at radius 2 is 1.69 bits per heavy atom. The molecule has 0 aromatic heterocycles. The fourth-order valence-electron chi connectivity index (χ4n) is 4.10. The number of nitrogens with one attached hydrogen (secondary N) is 1. The second-order valence-electron chi connectivity index (χ2n) is 7.33. The lowest BCUT2D eigenvalue weighted by Crippen LogP contribution is -2.53. The molecule has 136 valence electrons. The molecule has 0 unspecified atom stereocenters. The Morgan fingerprint density at radius 1 is 1.04 bits per heavy atom. The van der Waals surface area contributed by atoms with E-state index in [2.05, 4.69) is 17.4 Å². The smallest absolute Gasteiger partial charge is 0.230 e. The molecule has 26 heavy (non-hydrogen) atoms. The largest absolute Gasteiger partial charge is 0.486 e. The Balaban J connectivity index is 1.49. The van der Waals surface area contributed by atoms with Crippen LogP contribution in [0, 0.1) is 0 Å². The maximum atomic E-state index is 13.3. The van der Waals surface area contributed by atoms with Crippen molar-refractivity contribution in [3.8, 4) is 11.5 Å². The topological polar surface area (TPSA) is 47.6 Å². The summed E-state index contributed by atoms with van der Waals surface area (Å²) in [5.41, 5.74) is 0.705. The van der Waals surface area contributed by atoms with E-state index in [0.717, 1.165) is 42.7 Å². The Kier molecular flexibility index (Phi) is 4.58. The van der Waals surface area contributed by atoms with E-state index in [4.69, 9.17) is 9.47 Å². The van der Waals surface area contributed by atoms with Crippen LogP contribution >= 0.6 is 0 Å². The van der Waals surface area contributed by atoms with Gasteiger partial charge in [0, 0.05) is 0 Å². The first-order valence-electron chi connectivity index (χ1n) is 9.44. The minimum absolute atomic E-state index is 0.108. The zero-order valence-electron chi connectivity index (χ0n) is 15.1. The third-order valence-electron chi connectivity index (χ3n) is 5.67. The third kappa shape index (κ3) is 3.05. The van der Waals surface area contributed by atoms with Gasteiger partial charge in [-0.3, -0.25) is 4.79 Å². The molecule has 1 amide bonds. The summed E-state index contributed by atoms with van der Waals surface area (Å²) in [5.74, 6) is 1.61. The molecule has 2 aromatic rings. The molecule has 0 saturated heterocycles. The number of hydrogen-bond donors (Lipinski definition) is 1. The molecule has 0 spiro atoms. The molecule has 4 heteroatoms. The van der Waals surface area contributed by atoms with Gasteiger partial charge in [0.1, 0.15) is 6.61 Å². The van der Waals surface area contributed by atoms with Crippen molar-refractivity contribution in [2.75, 3.05) is 6.61 Å². The minimum atomic E-state index is -0.414. The molecule has 1 N–H and O–H groups in total. The number of para-hydroxylation sites is 2. The van der Waals surface area contributed by atoms with Crippen molar-refractivity contribution in [2.24, 2.45) is 0 Å². The first-order chi connectivity index (χ1) is 12.7. The summed E-state index contributed by atoms with van der Waals surface area (Å²) in [6.07, 6.45) is 3.80. The van der Waals surface area contributed by atoms with Gasteiger partial charge < -0.3 is 14.8 Å². The van der Waals surface area contributed by atoms with Crippen molar-refractivity contribution in [1.29, 1.82) is 0 Å². The SMILES string of the molecule is C[C@H](NC(=O)C1(c2ccccc2)CCCC1)[C@@H]1COc2ccccc2O1. The van der Waals surface area contributed by atoms with Crippen LogP contribution in [0.4, 0.5) is 0 Å². The standard InChI is InChI=1S/C22H25NO3/c1-16(20-15-25-18-11-5-6-12-19(18)26-20)23-21(24)22(13-7-8-14-22)17-9-3-2-4-10-17/h2-6,9-12,16,20H,7-8,13-15H2,1H3,(H,23,24)/t16-,20-/m0/s1.